The number of piperidine rings is 1. The fourth-order valence-corrected chi connectivity index (χ4v) is 8.94. The first kappa shape index (κ1) is 39.9. The zero-order chi connectivity index (χ0) is 38.5. The van der Waals surface area contributed by atoms with Gasteiger partial charge in [-0.3, -0.25) is 19.4 Å². The summed E-state index contributed by atoms with van der Waals surface area (Å²) < 4.78 is 18.6. The molecule has 0 radical (unpaired) electrons. The van der Waals surface area contributed by atoms with Crippen LogP contribution < -0.4 is 10.1 Å². The highest BCUT2D eigenvalue weighted by molar-refractivity contribution is 8.00. The Bertz CT molecular complexity index is 1840. The van der Waals surface area contributed by atoms with Gasteiger partial charge in [-0.1, -0.05) is 38.2 Å². The van der Waals surface area contributed by atoms with Gasteiger partial charge in [0, 0.05) is 43.1 Å². The number of aromatic nitrogens is 2. The van der Waals surface area contributed by atoms with E-state index in [0.717, 1.165) is 66.8 Å². The molecule has 1 atom stereocenters. The van der Waals surface area contributed by atoms with E-state index in [1.54, 1.807) is 24.2 Å². The Morgan fingerprint density at radius 3 is 2.56 bits per heavy atom. The standard InChI is InChI=1S/C40H53N7O5S2/c1-27-32-8-7-31(21-29(32)11-14-47(27)37(49)30(23-41)22-40(5,6)46-16-18-50-19-17-46)51-20-15-45-12-9-28(10-13-45)36(48)44-38-43-25-35(54-38)53-26-34-42-24-33(52-34)39(2,3)4/h7-8,21-22,24-25,27-28H,9-20,26H2,1-6H3,(H,43,44,48)/b30-22+. The fraction of sp³-hybridized carbons (Fsp3) is 0.575. The first-order valence-electron chi connectivity index (χ1n) is 18.9. The molecule has 0 saturated carbocycles. The number of carbonyl (C=O) groups is 2. The molecule has 5 heterocycles. The zero-order valence-corrected chi connectivity index (χ0v) is 34.0. The maximum absolute atomic E-state index is 13.6. The minimum absolute atomic E-state index is 0.0274. The van der Waals surface area contributed by atoms with E-state index in [2.05, 4.69) is 64.1 Å². The number of thiazole rings is 1. The van der Waals surface area contributed by atoms with Gasteiger partial charge in [-0.05, 0) is 82.5 Å². The number of rotatable bonds is 12. The van der Waals surface area contributed by atoms with Gasteiger partial charge in [-0.2, -0.15) is 5.26 Å². The zero-order valence-electron chi connectivity index (χ0n) is 32.4. The summed E-state index contributed by atoms with van der Waals surface area (Å²) in [7, 11) is 0. The second-order valence-electron chi connectivity index (χ2n) is 15.8. The summed E-state index contributed by atoms with van der Waals surface area (Å²) >= 11 is 3.07. The lowest BCUT2D eigenvalue weighted by molar-refractivity contribution is -0.129. The lowest BCUT2D eigenvalue weighted by atomic mass is 9.92. The van der Waals surface area contributed by atoms with Crippen LogP contribution in [0.15, 0.2) is 50.9 Å². The Morgan fingerprint density at radius 2 is 1.85 bits per heavy atom. The van der Waals surface area contributed by atoms with Gasteiger partial charge in [0.05, 0.1) is 41.6 Å². The molecule has 1 aromatic carbocycles. The van der Waals surface area contributed by atoms with Gasteiger partial charge in [0.1, 0.15) is 29.8 Å². The van der Waals surface area contributed by atoms with Gasteiger partial charge >= 0.3 is 0 Å². The molecule has 14 heteroatoms. The molecule has 0 spiro atoms. The summed E-state index contributed by atoms with van der Waals surface area (Å²) in [5.74, 6) is 2.74. The Labute approximate surface area is 327 Å². The number of hydrogen-bond acceptors (Lipinski definition) is 12. The third kappa shape index (κ3) is 9.92. The highest BCUT2D eigenvalue weighted by atomic mass is 32.2. The molecule has 2 fully saturated rings. The number of benzene rings is 1. The van der Waals surface area contributed by atoms with Gasteiger partial charge in [-0.25, -0.2) is 9.97 Å². The molecule has 6 rings (SSSR count). The number of anilines is 1. The minimum Gasteiger partial charge on any atom is -0.492 e. The number of fused-ring (bicyclic) bond motifs is 1. The van der Waals surface area contributed by atoms with E-state index >= 15 is 0 Å². The predicted octanol–water partition coefficient (Wildman–Crippen LogP) is 6.46. The smallest absolute Gasteiger partial charge is 0.264 e. The van der Waals surface area contributed by atoms with E-state index in [-0.39, 0.29) is 34.8 Å². The third-order valence-electron chi connectivity index (χ3n) is 10.6. The van der Waals surface area contributed by atoms with Crippen LogP contribution in [-0.2, 0) is 31.9 Å². The molecule has 3 aliphatic heterocycles. The van der Waals surface area contributed by atoms with Crippen LogP contribution in [0, 0.1) is 17.2 Å². The van der Waals surface area contributed by atoms with Gasteiger partial charge in [-0.15, -0.1) is 11.8 Å². The lowest BCUT2D eigenvalue weighted by Crippen LogP contribution is -2.49. The number of ether oxygens (including phenoxy) is 2. The molecule has 3 aliphatic rings. The molecule has 0 aliphatic carbocycles. The normalized spacial score (nSPS) is 19.3. The highest BCUT2D eigenvalue weighted by Crippen LogP contribution is 2.35. The molecule has 54 heavy (non-hydrogen) atoms. The molecule has 1 N–H and O–H groups in total. The summed E-state index contributed by atoms with van der Waals surface area (Å²) in [6.07, 6.45) is 7.69. The molecular formula is C40H53N7O5S2. The van der Waals surface area contributed by atoms with Crippen molar-refractivity contribution in [3.8, 4) is 11.8 Å². The number of amides is 2. The van der Waals surface area contributed by atoms with E-state index < -0.39 is 5.54 Å². The predicted molar refractivity (Wildman–Crippen MR) is 211 cm³/mol. The fourth-order valence-electron chi connectivity index (χ4n) is 7.22. The maximum Gasteiger partial charge on any atom is 0.264 e. The number of likely N-dealkylation sites (tertiary alicyclic amines) is 1. The Balaban J connectivity index is 0.921. The number of nitriles is 1. The SMILES string of the molecule is CC1c2ccc(OCCN3CCC(C(=O)Nc4ncc(SCc5ncc(C(C)(C)C)o5)s4)CC3)cc2CCN1C(=O)/C(C#N)=C/C(C)(C)N1CCOCC1. The number of nitrogens with zero attached hydrogens (tertiary/aromatic N) is 6. The number of morpholine rings is 1. The number of carbonyl (C=O) groups excluding carboxylic acids is 2. The average Bonchev–Trinajstić information content (AvgIpc) is 3.83. The van der Waals surface area contributed by atoms with Crippen molar-refractivity contribution in [3.05, 3.63) is 65.0 Å². The van der Waals surface area contributed by atoms with E-state index in [4.69, 9.17) is 13.9 Å². The van der Waals surface area contributed by atoms with Crippen LogP contribution in [-0.4, -0.2) is 101 Å². The van der Waals surface area contributed by atoms with Crippen molar-refractivity contribution in [1.82, 2.24) is 24.7 Å². The summed E-state index contributed by atoms with van der Waals surface area (Å²) in [6.45, 7) is 18.8. The second-order valence-corrected chi connectivity index (χ2v) is 18.1. The molecule has 1 unspecified atom stereocenters. The molecule has 12 nitrogen and oxygen atoms in total. The van der Waals surface area contributed by atoms with E-state index in [0.29, 0.717) is 49.6 Å². The number of oxazole rings is 1. The van der Waals surface area contributed by atoms with Crippen molar-refractivity contribution in [2.75, 3.05) is 64.4 Å². The van der Waals surface area contributed by atoms with Crippen molar-refractivity contribution in [1.29, 1.82) is 5.26 Å². The van der Waals surface area contributed by atoms with Crippen molar-refractivity contribution >= 4 is 40.0 Å². The van der Waals surface area contributed by atoms with Crippen LogP contribution in [0.1, 0.15) is 83.2 Å². The first-order chi connectivity index (χ1) is 25.8. The maximum atomic E-state index is 13.6. The Kier molecular flexibility index (Phi) is 12.9. The Morgan fingerprint density at radius 1 is 1.09 bits per heavy atom. The van der Waals surface area contributed by atoms with Crippen molar-refractivity contribution in [3.63, 3.8) is 0 Å². The molecule has 0 bridgehead atoms. The number of thioether (sulfide) groups is 1. The minimum atomic E-state index is -0.428. The summed E-state index contributed by atoms with van der Waals surface area (Å²) in [5, 5.41) is 13.6. The van der Waals surface area contributed by atoms with E-state index in [1.807, 2.05) is 37.8 Å². The number of nitrogens with one attached hydrogen (secondary N) is 1. The molecule has 2 saturated heterocycles. The van der Waals surface area contributed by atoms with Crippen LogP contribution in [0.25, 0.3) is 0 Å². The van der Waals surface area contributed by atoms with Crippen molar-refractivity contribution in [2.24, 2.45) is 5.92 Å². The van der Waals surface area contributed by atoms with E-state index in [1.165, 1.54) is 16.9 Å². The first-order valence-corrected chi connectivity index (χ1v) is 20.7. The number of hydrogen-bond donors (Lipinski definition) is 1. The van der Waals surface area contributed by atoms with Crippen LogP contribution in [0.2, 0.25) is 0 Å². The third-order valence-corrected chi connectivity index (χ3v) is 12.7. The van der Waals surface area contributed by atoms with Gasteiger partial charge < -0.3 is 24.1 Å². The molecule has 3 aromatic rings. The van der Waals surface area contributed by atoms with Crippen LogP contribution in [0.5, 0.6) is 5.75 Å². The molecular weight excluding hydrogens is 723 g/mol. The quantitative estimate of drug-likeness (QED) is 0.123. The monoisotopic (exact) mass is 775 g/mol. The van der Waals surface area contributed by atoms with Crippen LogP contribution in [0.3, 0.4) is 0 Å². The largest absolute Gasteiger partial charge is 0.492 e. The summed E-state index contributed by atoms with van der Waals surface area (Å²) in [4.78, 5) is 41.9. The topological polar surface area (TPSA) is 137 Å². The van der Waals surface area contributed by atoms with Crippen LogP contribution >= 0.6 is 23.1 Å². The van der Waals surface area contributed by atoms with Gasteiger partial charge in [0.2, 0.25) is 11.8 Å². The molecule has 2 aromatic heterocycles. The van der Waals surface area contributed by atoms with Gasteiger partial charge in [0.15, 0.2) is 5.13 Å². The van der Waals surface area contributed by atoms with Gasteiger partial charge in [0.25, 0.3) is 5.91 Å². The second kappa shape index (κ2) is 17.4. The van der Waals surface area contributed by atoms with Crippen molar-refractivity contribution < 1.29 is 23.5 Å². The van der Waals surface area contributed by atoms with Crippen molar-refractivity contribution in [2.45, 2.75) is 87.8 Å². The van der Waals surface area contributed by atoms with Crippen LogP contribution in [0.4, 0.5) is 5.13 Å². The Hall–Kier alpha value is -3.74. The highest BCUT2D eigenvalue weighted by Gasteiger charge is 2.33. The molecule has 290 valence electrons. The summed E-state index contributed by atoms with van der Waals surface area (Å²) in [5.41, 5.74) is 1.93. The average molecular weight is 776 g/mol. The van der Waals surface area contributed by atoms with E-state index in [9.17, 15) is 14.9 Å². The lowest BCUT2D eigenvalue weighted by Gasteiger charge is -2.39. The molecule has 2 amide bonds. The summed E-state index contributed by atoms with van der Waals surface area (Å²) in [6, 6.07) is 8.15.